The zero-order valence-corrected chi connectivity index (χ0v) is 13.4. The largest absolute Gasteiger partial charge is 0.383 e. The van der Waals surface area contributed by atoms with Crippen LogP contribution in [0.3, 0.4) is 0 Å². The number of ketones is 1. The van der Waals surface area contributed by atoms with Crippen LogP contribution < -0.4 is 0 Å². The average molecular weight is 304 g/mol. The number of thioether (sulfide) groups is 1. The van der Waals surface area contributed by atoms with Gasteiger partial charge in [0.25, 0.3) is 0 Å². The summed E-state index contributed by atoms with van der Waals surface area (Å²) in [4.78, 5) is 16.7. The number of benzene rings is 1. The molecule has 0 aliphatic heterocycles. The molecule has 1 heterocycles. The Kier molecular flexibility index (Phi) is 5.59. The molecule has 0 atom stereocenters. The number of hydrogen-bond donors (Lipinski definition) is 0. The fraction of sp³-hybridized carbons (Fsp3) is 0.375. The second-order valence-corrected chi connectivity index (χ2v) is 5.73. The standard InChI is InChI=1S/C16H20N2O2S/c1-12-13(2)18(9-10-20-3)16(17-12)21-11-15(19)14-7-5-4-6-8-14/h4-8H,9-11H2,1-3H3. The molecule has 4 nitrogen and oxygen atoms in total. The van der Waals surface area contributed by atoms with Crippen molar-refractivity contribution >= 4 is 17.5 Å². The van der Waals surface area contributed by atoms with Gasteiger partial charge in [-0.1, -0.05) is 42.1 Å². The first kappa shape index (κ1) is 15.8. The van der Waals surface area contributed by atoms with Crippen LogP contribution in [0, 0.1) is 13.8 Å². The van der Waals surface area contributed by atoms with Crippen molar-refractivity contribution in [2.75, 3.05) is 19.5 Å². The molecule has 0 bridgehead atoms. The molecule has 0 amide bonds. The van der Waals surface area contributed by atoms with Crippen LogP contribution >= 0.6 is 11.8 Å². The van der Waals surface area contributed by atoms with Gasteiger partial charge in [0.1, 0.15) is 0 Å². The number of carbonyl (C=O) groups is 1. The predicted octanol–water partition coefficient (Wildman–Crippen LogP) is 3.12. The Hall–Kier alpha value is -1.59. The molecule has 5 heteroatoms. The zero-order chi connectivity index (χ0) is 15.2. The summed E-state index contributed by atoms with van der Waals surface area (Å²) in [5.74, 6) is 0.518. The summed E-state index contributed by atoms with van der Waals surface area (Å²) in [6.07, 6.45) is 0. The van der Waals surface area contributed by atoms with Gasteiger partial charge in [0.2, 0.25) is 0 Å². The van der Waals surface area contributed by atoms with E-state index in [0.717, 1.165) is 28.7 Å². The minimum absolute atomic E-state index is 0.122. The highest BCUT2D eigenvalue weighted by Crippen LogP contribution is 2.22. The summed E-state index contributed by atoms with van der Waals surface area (Å²) in [5, 5.41) is 0.881. The van der Waals surface area contributed by atoms with Crippen molar-refractivity contribution in [1.29, 1.82) is 0 Å². The SMILES string of the molecule is COCCn1c(SCC(=O)c2ccccc2)nc(C)c1C. The van der Waals surface area contributed by atoms with Crippen LogP contribution in [-0.4, -0.2) is 34.8 Å². The van der Waals surface area contributed by atoms with Crippen molar-refractivity contribution in [3.8, 4) is 0 Å². The van der Waals surface area contributed by atoms with E-state index in [9.17, 15) is 4.79 Å². The average Bonchev–Trinajstić information content (AvgIpc) is 2.78. The molecule has 2 aromatic rings. The molecule has 0 aliphatic carbocycles. The zero-order valence-electron chi connectivity index (χ0n) is 12.6. The molecule has 2 rings (SSSR count). The number of Topliss-reactive ketones (excluding diaryl/α,β-unsaturated/α-hetero) is 1. The molecule has 112 valence electrons. The van der Waals surface area contributed by atoms with E-state index in [1.807, 2.05) is 44.2 Å². The van der Waals surface area contributed by atoms with Crippen molar-refractivity contribution in [1.82, 2.24) is 9.55 Å². The van der Waals surface area contributed by atoms with Crippen molar-refractivity contribution < 1.29 is 9.53 Å². The fourth-order valence-electron chi connectivity index (χ4n) is 2.02. The molecule has 0 saturated carbocycles. The highest BCUT2D eigenvalue weighted by Gasteiger charge is 2.13. The van der Waals surface area contributed by atoms with Crippen LogP contribution in [0.25, 0.3) is 0 Å². The van der Waals surface area contributed by atoms with Crippen LogP contribution in [0.1, 0.15) is 21.7 Å². The van der Waals surface area contributed by atoms with E-state index in [1.54, 1.807) is 7.11 Å². The smallest absolute Gasteiger partial charge is 0.173 e. The fourth-order valence-corrected chi connectivity index (χ4v) is 3.03. The van der Waals surface area contributed by atoms with Crippen LogP contribution in [0.4, 0.5) is 0 Å². The van der Waals surface area contributed by atoms with E-state index in [2.05, 4.69) is 9.55 Å². The van der Waals surface area contributed by atoms with Gasteiger partial charge in [-0.15, -0.1) is 0 Å². The van der Waals surface area contributed by atoms with E-state index < -0.39 is 0 Å². The van der Waals surface area contributed by atoms with Gasteiger partial charge in [-0.05, 0) is 13.8 Å². The van der Waals surface area contributed by atoms with Gasteiger partial charge in [0.15, 0.2) is 10.9 Å². The molecule has 0 aliphatic rings. The van der Waals surface area contributed by atoms with Crippen LogP contribution in [0.15, 0.2) is 35.5 Å². The lowest BCUT2D eigenvalue weighted by atomic mass is 10.2. The number of carbonyl (C=O) groups excluding carboxylic acids is 1. The molecule has 0 unspecified atom stereocenters. The summed E-state index contributed by atoms with van der Waals surface area (Å²) in [6, 6.07) is 9.36. The number of rotatable bonds is 7. The second kappa shape index (κ2) is 7.43. The van der Waals surface area contributed by atoms with Gasteiger partial charge in [0.05, 0.1) is 18.1 Å². The Labute approximate surface area is 129 Å². The summed E-state index contributed by atoms with van der Waals surface area (Å²) >= 11 is 1.48. The first-order chi connectivity index (χ1) is 10.1. The first-order valence-corrected chi connectivity index (χ1v) is 7.85. The van der Waals surface area contributed by atoms with E-state index >= 15 is 0 Å². The van der Waals surface area contributed by atoms with Crippen molar-refractivity contribution in [3.63, 3.8) is 0 Å². The molecular weight excluding hydrogens is 284 g/mol. The van der Waals surface area contributed by atoms with Crippen molar-refractivity contribution in [2.24, 2.45) is 0 Å². The second-order valence-electron chi connectivity index (χ2n) is 4.79. The van der Waals surface area contributed by atoms with Crippen LogP contribution in [0.2, 0.25) is 0 Å². The lowest BCUT2D eigenvalue weighted by Gasteiger charge is -2.08. The minimum Gasteiger partial charge on any atom is -0.383 e. The summed E-state index contributed by atoms with van der Waals surface area (Å²) in [5.41, 5.74) is 2.87. The van der Waals surface area contributed by atoms with Gasteiger partial charge in [0, 0.05) is 24.9 Å². The predicted molar refractivity (Wildman–Crippen MR) is 85.1 cm³/mol. The third-order valence-corrected chi connectivity index (χ3v) is 4.35. The number of hydrogen-bond acceptors (Lipinski definition) is 4. The minimum atomic E-state index is 0.122. The number of imidazole rings is 1. The molecule has 1 aromatic carbocycles. The molecule has 1 aromatic heterocycles. The molecule has 0 fully saturated rings. The third kappa shape index (κ3) is 3.95. The van der Waals surface area contributed by atoms with Crippen LogP contribution in [-0.2, 0) is 11.3 Å². The molecule has 0 saturated heterocycles. The van der Waals surface area contributed by atoms with Crippen molar-refractivity contribution in [2.45, 2.75) is 25.5 Å². The number of ether oxygens (including phenoxy) is 1. The number of methoxy groups -OCH3 is 1. The number of aromatic nitrogens is 2. The number of aryl methyl sites for hydroxylation is 1. The van der Waals surface area contributed by atoms with Gasteiger partial charge < -0.3 is 9.30 Å². The normalized spacial score (nSPS) is 10.8. The Morgan fingerprint density at radius 2 is 2.00 bits per heavy atom. The molecule has 21 heavy (non-hydrogen) atoms. The van der Waals surface area contributed by atoms with Gasteiger partial charge in [-0.25, -0.2) is 4.98 Å². The Bertz CT molecular complexity index is 608. The van der Waals surface area contributed by atoms with Gasteiger partial charge >= 0.3 is 0 Å². The molecule has 0 spiro atoms. The molecular formula is C16H20N2O2S. The monoisotopic (exact) mass is 304 g/mol. The lowest BCUT2D eigenvalue weighted by Crippen LogP contribution is -2.09. The topological polar surface area (TPSA) is 44.1 Å². The maximum Gasteiger partial charge on any atom is 0.173 e. The molecule has 0 radical (unpaired) electrons. The maximum atomic E-state index is 12.2. The Morgan fingerprint density at radius 3 is 2.67 bits per heavy atom. The van der Waals surface area contributed by atoms with E-state index in [4.69, 9.17) is 4.74 Å². The number of nitrogens with zero attached hydrogens (tertiary/aromatic N) is 2. The first-order valence-electron chi connectivity index (χ1n) is 6.87. The highest BCUT2D eigenvalue weighted by molar-refractivity contribution is 7.99. The van der Waals surface area contributed by atoms with Gasteiger partial charge in [-0.2, -0.15) is 0 Å². The van der Waals surface area contributed by atoms with E-state index in [0.29, 0.717) is 12.4 Å². The Morgan fingerprint density at radius 1 is 1.29 bits per heavy atom. The summed E-state index contributed by atoms with van der Waals surface area (Å²) < 4.78 is 7.25. The summed E-state index contributed by atoms with van der Waals surface area (Å²) in [7, 11) is 1.69. The molecule has 0 N–H and O–H groups in total. The van der Waals surface area contributed by atoms with E-state index in [1.165, 1.54) is 11.8 Å². The van der Waals surface area contributed by atoms with Crippen molar-refractivity contribution in [3.05, 3.63) is 47.3 Å². The quantitative estimate of drug-likeness (QED) is 0.582. The third-order valence-electron chi connectivity index (χ3n) is 3.37. The highest BCUT2D eigenvalue weighted by atomic mass is 32.2. The summed E-state index contributed by atoms with van der Waals surface area (Å²) in [6.45, 7) is 5.42. The van der Waals surface area contributed by atoms with Gasteiger partial charge in [-0.3, -0.25) is 4.79 Å². The van der Waals surface area contributed by atoms with E-state index in [-0.39, 0.29) is 5.78 Å². The Balaban J connectivity index is 2.06. The maximum absolute atomic E-state index is 12.2. The lowest BCUT2D eigenvalue weighted by molar-refractivity contribution is 0.102. The van der Waals surface area contributed by atoms with Crippen LogP contribution in [0.5, 0.6) is 0 Å².